The third-order valence-electron chi connectivity index (χ3n) is 3.17. The maximum atomic E-state index is 6.16. The molecule has 0 bridgehead atoms. The van der Waals surface area contributed by atoms with Crippen LogP contribution in [0.25, 0.3) is 0 Å². The first-order chi connectivity index (χ1) is 9.11. The molecule has 19 heavy (non-hydrogen) atoms. The summed E-state index contributed by atoms with van der Waals surface area (Å²) in [6, 6.07) is 3.85. The first-order valence-electron chi connectivity index (χ1n) is 6.58. The lowest BCUT2D eigenvalue weighted by atomic mass is 10.0. The monoisotopic (exact) mass is 303 g/mol. The summed E-state index contributed by atoms with van der Waals surface area (Å²) in [5.74, 6) is 0.749. The van der Waals surface area contributed by atoms with Gasteiger partial charge in [-0.3, -0.25) is 0 Å². The average molecular weight is 304 g/mol. The van der Waals surface area contributed by atoms with Crippen molar-refractivity contribution in [3.63, 3.8) is 0 Å². The van der Waals surface area contributed by atoms with Crippen LogP contribution in [0.4, 0.5) is 0 Å². The van der Waals surface area contributed by atoms with E-state index in [0.717, 1.165) is 30.9 Å². The fourth-order valence-corrected chi connectivity index (χ4v) is 2.85. The van der Waals surface area contributed by atoms with Crippen LogP contribution in [0.5, 0.6) is 5.75 Å². The Labute approximate surface area is 124 Å². The number of hydrogen-bond donors (Lipinski definition) is 1. The van der Waals surface area contributed by atoms with Gasteiger partial charge < -0.3 is 14.8 Å². The second-order valence-corrected chi connectivity index (χ2v) is 5.51. The molecule has 1 N–H and O–H groups in total. The van der Waals surface area contributed by atoms with E-state index in [1.807, 2.05) is 13.0 Å². The molecule has 0 amide bonds. The van der Waals surface area contributed by atoms with Gasteiger partial charge in [-0.1, -0.05) is 23.2 Å². The van der Waals surface area contributed by atoms with Crippen LogP contribution in [0, 0.1) is 0 Å². The molecule has 0 aromatic heterocycles. The van der Waals surface area contributed by atoms with E-state index in [2.05, 4.69) is 12.2 Å². The van der Waals surface area contributed by atoms with Crippen molar-refractivity contribution in [1.82, 2.24) is 5.32 Å². The van der Waals surface area contributed by atoms with Crippen LogP contribution < -0.4 is 10.1 Å². The maximum absolute atomic E-state index is 6.16. The first kappa shape index (κ1) is 14.9. The van der Waals surface area contributed by atoms with Crippen LogP contribution in [0.15, 0.2) is 12.1 Å². The Morgan fingerprint density at radius 1 is 1.47 bits per heavy atom. The van der Waals surface area contributed by atoms with Crippen LogP contribution in [0.1, 0.15) is 31.9 Å². The molecule has 5 heteroatoms. The number of nitrogens with one attached hydrogen (secondary N) is 1. The zero-order valence-electron chi connectivity index (χ0n) is 11.2. The van der Waals surface area contributed by atoms with E-state index in [9.17, 15) is 0 Å². The van der Waals surface area contributed by atoms with E-state index in [1.165, 1.54) is 0 Å². The second kappa shape index (κ2) is 6.80. The van der Waals surface area contributed by atoms with Crippen molar-refractivity contribution in [2.45, 2.75) is 32.4 Å². The summed E-state index contributed by atoms with van der Waals surface area (Å²) < 4.78 is 11.2. The molecule has 0 radical (unpaired) electrons. The molecular formula is C14H19Cl2NO2. The summed E-state index contributed by atoms with van der Waals surface area (Å²) in [4.78, 5) is 0. The van der Waals surface area contributed by atoms with Crippen molar-refractivity contribution in [1.29, 1.82) is 0 Å². The van der Waals surface area contributed by atoms with Gasteiger partial charge in [-0.15, -0.1) is 0 Å². The van der Waals surface area contributed by atoms with Gasteiger partial charge in [0.05, 0.1) is 17.7 Å². The van der Waals surface area contributed by atoms with Gasteiger partial charge in [0.25, 0.3) is 0 Å². The fourth-order valence-electron chi connectivity index (χ4n) is 2.29. The molecule has 0 aliphatic carbocycles. The molecule has 0 saturated carbocycles. The maximum Gasteiger partial charge on any atom is 0.142 e. The highest BCUT2D eigenvalue weighted by Crippen LogP contribution is 2.39. The number of halogens is 2. The van der Waals surface area contributed by atoms with Crippen LogP contribution in [-0.4, -0.2) is 25.9 Å². The Morgan fingerprint density at radius 3 is 3.00 bits per heavy atom. The van der Waals surface area contributed by atoms with E-state index < -0.39 is 0 Å². The number of ether oxygens (including phenoxy) is 2. The number of fused-ring (bicyclic) bond motifs is 1. The highest BCUT2D eigenvalue weighted by Gasteiger charge is 2.24. The molecule has 106 valence electrons. The minimum atomic E-state index is 0.186. The standard InChI is InChI=1S/C14H19Cl2NO2/c1-3-18-9(2)8-17-13-4-5-19-14-11(13)6-10(15)7-12(14)16/h6-7,9,13,17H,3-5,8H2,1-2H3. The molecule has 0 spiro atoms. The van der Waals surface area contributed by atoms with E-state index in [1.54, 1.807) is 6.07 Å². The Bertz CT molecular complexity index is 440. The van der Waals surface area contributed by atoms with Crippen LogP contribution >= 0.6 is 23.2 Å². The summed E-state index contributed by atoms with van der Waals surface area (Å²) in [5.41, 5.74) is 1.03. The third-order valence-corrected chi connectivity index (χ3v) is 3.67. The Kier molecular flexibility index (Phi) is 5.34. The molecule has 2 atom stereocenters. The van der Waals surface area contributed by atoms with Crippen LogP contribution in [0.2, 0.25) is 10.0 Å². The van der Waals surface area contributed by atoms with Gasteiger partial charge in [0.15, 0.2) is 0 Å². The van der Waals surface area contributed by atoms with Gasteiger partial charge in [0.1, 0.15) is 5.75 Å². The van der Waals surface area contributed by atoms with Gasteiger partial charge in [-0.05, 0) is 26.0 Å². The average Bonchev–Trinajstić information content (AvgIpc) is 2.36. The molecular weight excluding hydrogens is 285 g/mol. The number of benzene rings is 1. The van der Waals surface area contributed by atoms with E-state index in [-0.39, 0.29) is 12.1 Å². The van der Waals surface area contributed by atoms with E-state index in [0.29, 0.717) is 16.7 Å². The molecule has 1 aromatic rings. The summed E-state index contributed by atoms with van der Waals surface area (Å²) in [7, 11) is 0. The van der Waals surface area contributed by atoms with Gasteiger partial charge >= 0.3 is 0 Å². The van der Waals surface area contributed by atoms with Crippen molar-refractivity contribution in [3.05, 3.63) is 27.7 Å². The molecule has 1 aromatic carbocycles. The van der Waals surface area contributed by atoms with Crippen molar-refractivity contribution >= 4 is 23.2 Å². The highest BCUT2D eigenvalue weighted by atomic mass is 35.5. The summed E-state index contributed by atoms with van der Waals surface area (Å²) in [5, 5.41) is 4.71. The number of rotatable bonds is 5. The van der Waals surface area contributed by atoms with E-state index >= 15 is 0 Å². The predicted octanol–water partition coefficient (Wildman–Crippen LogP) is 3.83. The highest BCUT2D eigenvalue weighted by molar-refractivity contribution is 6.35. The Morgan fingerprint density at radius 2 is 2.26 bits per heavy atom. The van der Waals surface area contributed by atoms with Gasteiger partial charge in [0, 0.05) is 36.2 Å². The van der Waals surface area contributed by atoms with Crippen molar-refractivity contribution in [3.8, 4) is 5.75 Å². The van der Waals surface area contributed by atoms with Crippen LogP contribution in [-0.2, 0) is 4.74 Å². The molecule has 0 saturated heterocycles. The molecule has 1 heterocycles. The lowest BCUT2D eigenvalue weighted by molar-refractivity contribution is 0.0724. The first-order valence-corrected chi connectivity index (χ1v) is 7.34. The third kappa shape index (κ3) is 3.76. The zero-order chi connectivity index (χ0) is 13.8. The normalized spacial score (nSPS) is 19.7. The molecule has 1 aliphatic rings. The van der Waals surface area contributed by atoms with Crippen LogP contribution in [0.3, 0.4) is 0 Å². The fraction of sp³-hybridized carbons (Fsp3) is 0.571. The topological polar surface area (TPSA) is 30.5 Å². The Hall–Kier alpha value is -0.480. The largest absolute Gasteiger partial charge is 0.492 e. The molecule has 0 fully saturated rings. The smallest absolute Gasteiger partial charge is 0.142 e. The summed E-state index contributed by atoms with van der Waals surface area (Å²) in [6.45, 7) is 6.24. The van der Waals surface area contributed by atoms with Gasteiger partial charge in [-0.25, -0.2) is 0 Å². The molecule has 1 aliphatic heterocycles. The molecule has 2 unspecified atom stereocenters. The minimum absolute atomic E-state index is 0.186. The van der Waals surface area contributed by atoms with Crippen molar-refractivity contribution < 1.29 is 9.47 Å². The Balaban J connectivity index is 2.09. The SMILES string of the molecule is CCOC(C)CNC1CCOc2c(Cl)cc(Cl)cc21. The predicted molar refractivity (Wildman–Crippen MR) is 78.4 cm³/mol. The second-order valence-electron chi connectivity index (χ2n) is 4.67. The molecule has 2 rings (SSSR count). The van der Waals surface area contributed by atoms with Gasteiger partial charge in [-0.2, -0.15) is 0 Å². The summed E-state index contributed by atoms with van der Waals surface area (Å²) in [6.07, 6.45) is 1.09. The minimum Gasteiger partial charge on any atom is -0.492 e. The lowest BCUT2D eigenvalue weighted by Crippen LogP contribution is -2.33. The lowest BCUT2D eigenvalue weighted by Gasteiger charge is -2.28. The molecule has 3 nitrogen and oxygen atoms in total. The van der Waals surface area contributed by atoms with Crippen molar-refractivity contribution in [2.24, 2.45) is 0 Å². The van der Waals surface area contributed by atoms with E-state index in [4.69, 9.17) is 32.7 Å². The summed E-state index contributed by atoms with van der Waals surface area (Å²) >= 11 is 12.2. The zero-order valence-corrected chi connectivity index (χ0v) is 12.7. The quantitative estimate of drug-likeness (QED) is 0.896. The van der Waals surface area contributed by atoms with Crippen molar-refractivity contribution in [2.75, 3.05) is 19.8 Å². The van der Waals surface area contributed by atoms with Gasteiger partial charge in [0.2, 0.25) is 0 Å². The number of hydrogen-bond acceptors (Lipinski definition) is 3.